The molecular weight excluding hydrogens is 388 g/mol. The number of carbonyl (C=O) groups is 1. The molecule has 0 N–H and O–H groups in total. The number of para-hydroxylation sites is 1. The molecule has 1 aromatic heterocycles. The highest BCUT2D eigenvalue weighted by Gasteiger charge is 2.25. The van der Waals surface area contributed by atoms with Gasteiger partial charge < -0.3 is 14.5 Å². The molecule has 0 spiro atoms. The quantitative estimate of drug-likeness (QED) is 0.611. The second kappa shape index (κ2) is 9.25. The highest BCUT2D eigenvalue weighted by atomic mass is 16.5. The maximum atomic E-state index is 12.7. The van der Waals surface area contributed by atoms with Gasteiger partial charge in [0, 0.05) is 32.6 Å². The number of aromatic nitrogens is 2. The number of amides is 1. The van der Waals surface area contributed by atoms with Crippen molar-refractivity contribution in [1.29, 1.82) is 0 Å². The van der Waals surface area contributed by atoms with Crippen LogP contribution < -0.4 is 9.64 Å². The topological polar surface area (TPSA) is 50.6 Å². The van der Waals surface area contributed by atoms with E-state index in [0.717, 1.165) is 61.0 Å². The summed E-state index contributed by atoms with van der Waals surface area (Å²) < 4.78 is 7.20. The van der Waals surface area contributed by atoms with Gasteiger partial charge in [0.25, 0.3) is 0 Å². The van der Waals surface area contributed by atoms with E-state index in [1.54, 1.807) is 7.11 Å². The molecule has 3 aromatic rings. The van der Waals surface area contributed by atoms with Crippen molar-refractivity contribution in [2.75, 3.05) is 38.2 Å². The Kier molecular flexibility index (Phi) is 6.26. The van der Waals surface area contributed by atoms with E-state index in [4.69, 9.17) is 9.84 Å². The minimum atomic E-state index is 0.226. The summed E-state index contributed by atoms with van der Waals surface area (Å²) in [5, 5.41) is 4.77. The van der Waals surface area contributed by atoms with Gasteiger partial charge in [-0.1, -0.05) is 30.3 Å². The second-order valence-electron chi connectivity index (χ2n) is 7.98. The first kappa shape index (κ1) is 21.0. The minimum absolute atomic E-state index is 0.226. The van der Waals surface area contributed by atoms with Gasteiger partial charge >= 0.3 is 0 Å². The maximum Gasteiger partial charge on any atom is 0.223 e. The Morgan fingerprint density at radius 1 is 0.968 bits per heavy atom. The van der Waals surface area contributed by atoms with Crippen LogP contribution in [0.4, 0.5) is 5.69 Å². The molecule has 6 heteroatoms. The van der Waals surface area contributed by atoms with E-state index < -0.39 is 0 Å². The predicted octanol–water partition coefficient (Wildman–Crippen LogP) is 3.78. The number of nitrogens with zero attached hydrogens (tertiary/aromatic N) is 4. The fourth-order valence-electron chi connectivity index (χ4n) is 4.29. The van der Waals surface area contributed by atoms with Gasteiger partial charge in [-0.2, -0.15) is 5.10 Å². The first-order chi connectivity index (χ1) is 15.1. The summed E-state index contributed by atoms with van der Waals surface area (Å²) in [5.41, 5.74) is 5.59. The maximum absolute atomic E-state index is 12.7. The van der Waals surface area contributed by atoms with Crippen molar-refractivity contribution in [3.8, 4) is 11.4 Å². The lowest BCUT2D eigenvalue weighted by molar-refractivity contribution is -0.131. The predicted molar refractivity (Wildman–Crippen MR) is 123 cm³/mol. The number of ether oxygens (including phenoxy) is 1. The van der Waals surface area contributed by atoms with Crippen molar-refractivity contribution in [3.05, 3.63) is 71.5 Å². The number of hydrogen-bond donors (Lipinski definition) is 0. The first-order valence-electron chi connectivity index (χ1n) is 10.8. The summed E-state index contributed by atoms with van der Waals surface area (Å²) in [7, 11) is 1.66. The molecule has 162 valence electrons. The van der Waals surface area contributed by atoms with Gasteiger partial charge in [-0.25, -0.2) is 4.68 Å². The molecule has 2 heterocycles. The molecule has 6 nitrogen and oxygen atoms in total. The number of aryl methyl sites for hydroxylation is 2. The van der Waals surface area contributed by atoms with Gasteiger partial charge in [-0.05, 0) is 50.1 Å². The fourth-order valence-corrected chi connectivity index (χ4v) is 4.29. The molecule has 0 bridgehead atoms. The van der Waals surface area contributed by atoms with E-state index in [9.17, 15) is 4.79 Å². The Bertz CT molecular complexity index is 1020. The number of anilines is 1. The largest absolute Gasteiger partial charge is 0.497 e. The molecule has 0 aliphatic carbocycles. The minimum Gasteiger partial charge on any atom is -0.497 e. The Labute approximate surface area is 184 Å². The number of methoxy groups -OCH3 is 1. The second-order valence-corrected chi connectivity index (χ2v) is 7.98. The van der Waals surface area contributed by atoms with Crippen LogP contribution in [-0.4, -0.2) is 53.9 Å². The summed E-state index contributed by atoms with van der Waals surface area (Å²) in [6.45, 7) is 7.34. The van der Waals surface area contributed by atoms with Crippen LogP contribution in [0.5, 0.6) is 5.75 Å². The van der Waals surface area contributed by atoms with Crippen LogP contribution in [-0.2, 0) is 11.2 Å². The molecule has 1 fully saturated rings. The van der Waals surface area contributed by atoms with Crippen LogP contribution in [0.1, 0.15) is 23.4 Å². The lowest BCUT2D eigenvalue weighted by atomic mass is 10.1. The average molecular weight is 419 g/mol. The molecule has 4 rings (SSSR count). The van der Waals surface area contributed by atoms with Crippen LogP contribution in [0.3, 0.4) is 0 Å². The Balaban J connectivity index is 1.35. The molecule has 0 radical (unpaired) electrons. The third kappa shape index (κ3) is 4.58. The van der Waals surface area contributed by atoms with Gasteiger partial charge in [0.1, 0.15) is 5.75 Å². The smallest absolute Gasteiger partial charge is 0.223 e. The highest BCUT2D eigenvalue weighted by Crippen LogP contribution is 2.27. The van der Waals surface area contributed by atoms with E-state index in [2.05, 4.69) is 30.9 Å². The zero-order chi connectivity index (χ0) is 21.8. The van der Waals surface area contributed by atoms with Crippen LogP contribution in [0.2, 0.25) is 0 Å². The molecule has 1 aliphatic rings. The zero-order valence-corrected chi connectivity index (χ0v) is 18.5. The summed E-state index contributed by atoms with van der Waals surface area (Å²) >= 11 is 0. The number of carbonyl (C=O) groups excluding carboxylic acids is 1. The lowest BCUT2D eigenvalue weighted by Gasteiger charge is -2.36. The van der Waals surface area contributed by atoms with Gasteiger partial charge in [-0.15, -0.1) is 0 Å². The molecule has 1 amide bonds. The first-order valence-corrected chi connectivity index (χ1v) is 10.8. The van der Waals surface area contributed by atoms with Gasteiger partial charge in [-0.3, -0.25) is 4.79 Å². The molecule has 1 saturated heterocycles. The van der Waals surface area contributed by atoms with E-state index in [1.807, 2.05) is 52.0 Å². The lowest BCUT2D eigenvalue weighted by Crippen LogP contribution is -2.49. The normalized spacial score (nSPS) is 14.0. The number of rotatable bonds is 6. The summed E-state index contributed by atoms with van der Waals surface area (Å²) in [4.78, 5) is 17.1. The van der Waals surface area contributed by atoms with Crippen LogP contribution in [0.15, 0.2) is 54.6 Å². The van der Waals surface area contributed by atoms with Crippen LogP contribution >= 0.6 is 0 Å². The number of hydrogen-bond acceptors (Lipinski definition) is 4. The summed E-state index contributed by atoms with van der Waals surface area (Å²) in [6.07, 6.45) is 1.29. The highest BCUT2D eigenvalue weighted by molar-refractivity contribution is 5.77. The summed E-state index contributed by atoms with van der Waals surface area (Å²) in [5.74, 6) is 1.07. The molecule has 1 aliphatic heterocycles. The molecule has 2 aromatic carbocycles. The van der Waals surface area contributed by atoms with Crippen molar-refractivity contribution in [3.63, 3.8) is 0 Å². The zero-order valence-electron chi connectivity index (χ0n) is 18.5. The standard InChI is InChI=1S/C25H30N4O2/c1-19-25(20(2)29(26-19)22-7-5-4-6-8-22)28-17-15-27(16-18-28)24(30)14-11-21-9-12-23(31-3)13-10-21/h4-10,12-13H,11,14-18H2,1-3H3. The van der Waals surface area contributed by atoms with Crippen molar-refractivity contribution >= 4 is 11.6 Å². The Morgan fingerprint density at radius 3 is 2.29 bits per heavy atom. The van der Waals surface area contributed by atoms with E-state index >= 15 is 0 Å². The van der Waals surface area contributed by atoms with Crippen molar-refractivity contribution in [2.45, 2.75) is 26.7 Å². The fraction of sp³-hybridized carbons (Fsp3) is 0.360. The monoisotopic (exact) mass is 418 g/mol. The summed E-state index contributed by atoms with van der Waals surface area (Å²) in [6, 6.07) is 18.2. The van der Waals surface area contributed by atoms with E-state index in [-0.39, 0.29) is 5.91 Å². The molecule has 0 saturated carbocycles. The van der Waals surface area contributed by atoms with Gasteiger partial charge in [0.05, 0.1) is 29.9 Å². The average Bonchev–Trinajstić information content (AvgIpc) is 3.12. The molecular formula is C25H30N4O2. The van der Waals surface area contributed by atoms with Crippen LogP contribution in [0, 0.1) is 13.8 Å². The molecule has 0 unspecified atom stereocenters. The van der Waals surface area contributed by atoms with E-state index in [1.165, 1.54) is 5.69 Å². The van der Waals surface area contributed by atoms with Crippen molar-refractivity contribution in [2.24, 2.45) is 0 Å². The third-order valence-corrected chi connectivity index (χ3v) is 5.99. The Morgan fingerprint density at radius 2 is 1.65 bits per heavy atom. The molecule has 0 atom stereocenters. The third-order valence-electron chi connectivity index (χ3n) is 5.99. The SMILES string of the molecule is COc1ccc(CCC(=O)N2CCN(c3c(C)nn(-c4ccccc4)c3C)CC2)cc1. The number of benzene rings is 2. The Hall–Kier alpha value is -3.28. The van der Waals surface area contributed by atoms with Crippen molar-refractivity contribution < 1.29 is 9.53 Å². The van der Waals surface area contributed by atoms with Crippen molar-refractivity contribution in [1.82, 2.24) is 14.7 Å². The van der Waals surface area contributed by atoms with Gasteiger partial charge in [0.15, 0.2) is 0 Å². The molecule has 31 heavy (non-hydrogen) atoms. The van der Waals surface area contributed by atoms with E-state index in [0.29, 0.717) is 6.42 Å². The number of piperazine rings is 1. The van der Waals surface area contributed by atoms with Gasteiger partial charge in [0.2, 0.25) is 5.91 Å². The van der Waals surface area contributed by atoms with Crippen LogP contribution in [0.25, 0.3) is 5.69 Å².